The van der Waals surface area contributed by atoms with Crippen LogP contribution in [0.25, 0.3) is 0 Å². The molecule has 3 saturated heterocycles. The first kappa shape index (κ1) is 14.3. The molecule has 114 valence electrons. The summed E-state index contributed by atoms with van der Waals surface area (Å²) in [6.45, 7) is 4.78. The molecule has 0 unspecified atom stereocenters. The molecule has 0 saturated carbocycles. The molecule has 0 spiro atoms. The van der Waals surface area contributed by atoms with Crippen molar-refractivity contribution >= 4 is 5.91 Å². The highest BCUT2D eigenvalue weighted by Gasteiger charge is 2.35. The standard InChI is InChI=1S/C15H26N2O3/c18-14(16-7-3-1-4-8-16)12-17-9-5-2-6-13(17)15-19-10-11-20-15/h13,15H,1-12H2/t13-/m0/s1. The Morgan fingerprint density at radius 1 is 0.950 bits per heavy atom. The summed E-state index contributed by atoms with van der Waals surface area (Å²) in [5, 5.41) is 0. The third kappa shape index (κ3) is 3.32. The molecule has 0 radical (unpaired) electrons. The summed E-state index contributed by atoms with van der Waals surface area (Å²) in [5.41, 5.74) is 0. The number of carbonyl (C=O) groups excluding carboxylic acids is 1. The van der Waals surface area contributed by atoms with E-state index in [9.17, 15) is 4.79 Å². The number of hydrogen-bond donors (Lipinski definition) is 0. The molecule has 3 aliphatic heterocycles. The van der Waals surface area contributed by atoms with Gasteiger partial charge in [-0.15, -0.1) is 0 Å². The molecule has 3 heterocycles. The minimum Gasteiger partial charge on any atom is -0.349 e. The van der Waals surface area contributed by atoms with Gasteiger partial charge < -0.3 is 14.4 Å². The van der Waals surface area contributed by atoms with E-state index in [1.54, 1.807) is 0 Å². The zero-order chi connectivity index (χ0) is 13.8. The molecule has 0 aliphatic carbocycles. The molecule has 5 heteroatoms. The number of ether oxygens (including phenoxy) is 2. The largest absolute Gasteiger partial charge is 0.349 e. The fraction of sp³-hybridized carbons (Fsp3) is 0.933. The zero-order valence-electron chi connectivity index (χ0n) is 12.3. The van der Waals surface area contributed by atoms with Gasteiger partial charge in [0.25, 0.3) is 0 Å². The lowest BCUT2D eigenvalue weighted by Gasteiger charge is -2.38. The molecule has 3 aliphatic rings. The van der Waals surface area contributed by atoms with Gasteiger partial charge in [0.15, 0.2) is 6.29 Å². The van der Waals surface area contributed by atoms with Gasteiger partial charge in [0.1, 0.15) is 0 Å². The van der Waals surface area contributed by atoms with E-state index in [1.807, 2.05) is 4.90 Å². The van der Waals surface area contributed by atoms with Crippen LogP contribution >= 0.6 is 0 Å². The van der Waals surface area contributed by atoms with Crippen LogP contribution < -0.4 is 0 Å². The third-order valence-electron chi connectivity index (χ3n) is 4.67. The average molecular weight is 282 g/mol. The topological polar surface area (TPSA) is 42.0 Å². The second kappa shape index (κ2) is 6.87. The van der Waals surface area contributed by atoms with Gasteiger partial charge in [-0.25, -0.2) is 0 Å². The van der Waals surface area contributed by atoms with Crippen molar-refractivity contribution in [3.8, 4) is 0 Å². The molecular weight excluding hydrogens is 256 g/mol. The number of nitrogens with zero attached hydrogens (tertiary/aromatic N) is 2. The molecule has 0 N–H and O–H groups in total. The number of carbonyl (C=O) groups is 1. The zero-order valence-corrected chi connectivity index (χ0v) is 12.3. The summed E-state index contributed by atoms with van der Waals surface area (Å²) in [7, 11) is 0. The van der Waals surface area contributed by atoms with Crippen molar-refractivity contribution < 1.29 is 14.3 Å². The lowest BCUT2D eigenvalue weighted by atomic mass is 10.0. The van der Waals surface area contributed by atoms with Crippen molar-refractivity contribution in [2.75, 3.05) is 39.4 Å². The Balaban J connectivity index is 1.56. The van der Waals surface area contributed by atoms with Crippen LogP contribution in [0.15, 0.2) is 0 Å². The van der Waals surface area contributed by atoms with Crippen LogP contribution in [0.4, 0.5) is 0 Å². The Kier molecular flexibility index (Phi) is 4.91. The lowest BCUT2D eigenvalue weighted by Crippen LogP contribution is -2.52. The predicted octanol–water partition coefficient (Wildman–Crippen LogP) is 1.23. The minimum absolute atomic E-state index is 0.121. The van der Waals surface area contributed by atoms with Crippen molar-refractivity contribution in [2.45, 2.75) is 50.9 Å². The van der Waals surface area contributed by atoms with Crippen LogP contribution in [0, 0.1) is 0 Å². The maximum Gasteiger partial charge on any atom is 0.236 e. The van der Waals surface area contributed by atoms with E-state index in [0.717, 1.165) is 38.9 Å². The quantitative estimate of drug-likeness (QED) is 0.781. The number of likely N-dealkylation sites (tertiary alicyclic amines) is 2. The Bertz CT molecular complexity index is 325. The van der Waals surface area contributed by atoms with Crippen LogP contribution in [0.2, 0.25) is 0 Å². The molecule has 0 aromatic carbocycles. The van der Waals surface area contributed by atoms with Gasteiger partial charge in [-0.2, -0.15) is 0 Å². The monoisotopic (exact) mass is 282 g/mol. The fourth-order valence-corrected chi connectivity index (χ4v) is 3.54. The number of rotatable bonds is 3. The highest BCUT2D eigenvalue weighted by molar-refractivity contribution is 5.78. The van der Waals surface area contributed by atoms with E-state index >= 15 is 0 Å². The van der Waals surface area contributed by atoms with E-state index in [2.05, 4.69) is 4.90 Å². The molecule has 20 heavy (non-hydrogen) atoms. The highest BCUT2D eigenvalue weighted by atomic mass is 16.7. The number of amides is 1. The summed E-state index contributed by atoms with van der Waals surface area (Å²) < 4.78 is 11.3. The predicted molar refractivity (Wildman–Crippen MR) is 75.3 cm³/mol. The molecule has 1 amide bonds. The molecule has 0 bridgehead atoms. The maximum atomic E-state index is 12.4. The Morgan fingerprint density at radius 3 is 2.40 bits per heavy atom. The first-order chi connectivity index (χ1) is 9.84. The maximum absolute atomic E-state index is 12.4. The Morgan fingerprint density at radius 2 is 1.65 bits per heavy atom. The van der Waals surface area contributed by atoms with Gasteiger partial charge in [0.05, 0.1) is 25.8 Å². The van der Waals surface area contributed by atoms with Crippen molar-refractivity contribution in [1.82, 2.24) is 9.80 Å². The normalized spacial score (nSPS) is 29.8. The van der Waals surface area contributed by atoms with Crippen molar-refractivity contribution in [1.29, 1.82) is 0 Å². The second-order valence-electron chi connectivity index (χ2n) is 6.09. The van der Waals surface area contributed by atoms with Crippen LogP contribution in [0.3, 0.4) is 0 Å². The van der Waals surface area contributed by atoms with Crippen molar-refractivity contribution in [3.63, 3.8) is 0 Å². The molecule has 3 rings (SSSR count). The lowest BCUT2D eigenvalue weighted by molar-refractivity contribution is -0.140. The summed E-state index contributed by atoms with van der Waals surface area (Å²) in [4.78, 5) is 16.8. The van der Waals surface area contributed by atoms with Crippen molar-refractivity contribution in [2.24, 2.45) is 0 Å². The van der Waals surface area contributed by atoms with Gasteiger partial charge in [0.2, 0.25) is 5.91 Å². The SMILES string of the molecule is O=C(CN1CCCC[C@H]1C1OCCO1)N1CCCCC1. The van der Waals surface area contributed by atoms with Crippen LogP contribution in [-0.4, -0.2) is 67.4 Å². The average Bonchev–Trinajstić information content (AvgIpc) is 3.03. The van der Waals surface area contributed by atoms with Crippen LogP contribution in [0.1, 0.15) is 38.5 Å². The van der Waals surface area contributed by atoms with E-state index in [0.29, 0.717) is 19.8 Å². The van der Waals surface area contributed by atoms with Crippen LogP contribution in [0.5, 0.6) is 0 Å². The highest BCUT2D eigenvalue weighted by Crippen LogP contribution is 2.24. The van der Waals surface area contributed by atoms with Gasteiger partial charge in [0, 0.05) is 13.1 Å². The van der Waals surface area contributed by atoms with Crippen molar-refractivity contribution in [3.05, 3.63) is 0 Å². The Hall–Kier alpha value is -0.650. The molecule has 0 aromatic rings. The van der Waals surface area contributed by atoms with E-state index in [-0.39, 0.29) is 18.2 Å². The molecule has 5 nitrogen and oxygen atoms in total. The first-order valence-corrected chi connectivity index (χ1v) is 8.09. The number of piperidine rings is 2. The van der Waals surface area contributed by atoms with E-state index in [1.165, 1.54) is 19.3 Å². The van der Waals surface area contributed by atoms with Gasteiger partial charge in [-0.3, -0.25) is 9.69 Å². The first-order valence-electron chi connectivity index (χ1n) is 8.09. The summed E-state index contributed by atoms with van der Waals surface area (Å²) in [5.74, 6) is 0.287. The molecule has 1 atom stereocenters. The van der Waals surface area contributed by atoms with Gasteiger partial charge >= 0.3 is 0 Å². The number of hydrogen-bond acceptors (Lipinski definition) is 4. The molecule has 0 aromatic heterocycles. The second-order valence-corrected chi connectivity index (χ2v) is 6.09. The smallest absolute Gasteiger partial charge is 0.236 e. The third-order valence-corrected chi connectivity index (χ3v) is 4.67. The van der Waals surface area contributed by atoms with E-state index in [4.69, 9.17) is 9.47 Å². The van der Waals surface area contributed by atoms with Gasteiger partial charge in [-0.1, -0.05) is 6.42 Å². The van der Waals surface area contributed by atoms with Gasteiger partial charge in [-0.05, 0) is 38.6 Å². The van der Waals surface area contributed by atoms with E-state index < -0.39 is 0 Å². The fourth-order valence-electron chi connectivity index (χ4n) is 3.54. The molecule has 3 fully saturated rings. The Labute approximate surface area is 121 Å². The van der Waals surface area contributed by atoms with Crippen LogP contribution in [-0.2, 0) is 14.3 Å². The summed E-state index contributed by atoms with van der Waals surface area (Å²) in [6.07, 6.45) is 6.93. The molecular formula is C15H26N2O3. The summed E-state index contributed by atoms with van der Waals surface area (Å²) in [6, 6.07) is 0.264. The minimum atomic E-state index is -0.121. The summed E-state index contributed by atoms with van der Waals surface area (Å²) >= 11 is 0.